The van der Waals surface area contributed by atoms with Crippen LogP contribution >= 0.6 is 0 Å². The number of fused-ring (bicyclic) bond motifs is 13. The van der Waals surface area contributed by atoms with E-state index in [1.807, 2.05) is 12.1 Å². The summed E-state index contributed by atoms with van der Waals surface area (Å²) >= 11 is 0. The number of benzene rings is 24. The molecule has 6 heteroatoms. The van der Waals surface area contributed by atoms with E-state index in [1.54, 1.807) is 0 Å². The zero-order valence-electron chi connectivity index (χ0n) is 77.2. The molecule has 0 saturated heterocycles. The smallest absolute Gasteiger partial charge is 0.136 e. The monoisotopic (exact) mass is 1800 g/mol. The molecule has 142 heavy (non-hydrogen) atoms. The number of nitrogens with zero attached hydrogens (tertiary/aromatic N) is 5. The summed E-state index contributed by atoms with van der Waals surface area (Å²) in [6.07, 6.45) is 0. The average molecular weight is 1810 g/mol. The topological polar surface area (TPSA) is 34.4 Å². The van der Waals surface area contributed by atoms with Crippen LogP contribution in [0.5, 0.6) is 0 Å². The van der Waals surface area contributed by atoms with Crippen LogP contribution in [0.4, 0.5) is 34.1 Å². The maximum absolute atomic E-state index is 6.23. The Labute approximate surface area is 819 Å². The number of anilines is 6. The Bertz CT molecular complexity index is 10000. The third-order valence-electron chi connectivity index (χ3n) is 29.9. The number of furan rings is 1. The lowest BCUT2D eigenvalue weighted by atomic mass is 9.93. The molecular weight excluding hydrogens is 1720 g/mol. The zero-order valence-corrected chi connectivity index (χ0v) is 77.2. The van der Waals surface area contributed by atoms with Gasteiger partial charge in [0.05, 0.1) is 33.1 Å². The van der Waals surface area contributed by atoms with Crippen LogP contribution in [0.1, 0.15) is 0 Å². The van der Waals surface area contributed by atoms with Crippen LogP contribution in [0.25, 0.3) is 248 Å². The maximum atomic E-state index is 6.23. The van der Waals surface area contributed by atoms with Crippen molar-refractivity contribution in [1.29, 1.82) is 0 Å². The molecule has 0 fully saturated rings. The summed E-state index contributed by atoms with van der Waals surface area (Å²) in [5.74, 6) is 0. The SMILES string of the molecule is c1cc(-c2cccc3oc4ccccc4c23)cc(-n2c3cccc4c3c3c5c(cccc5ccc32)-c2ccccc2-4)c1.c1ccc(-c2ccc(N(c3ccccc3)c3ccc(-n4c5cccc6c5c5c7c(cccc7ccc54)-c4ccccc4-6)cc3)cc2)cc1.c1ccc(N(c2ccc(-c3ccc4ccccc4c3)cc2)c2ccc(-n3c4cccc5c4c4c6c(cccc6ccc43)-c3ccccc3-5)cc2)cc1. The van der Waals surface area contributed by atoms with Crippen LogP contribution in [0.2, 0.25) is 0 Å². The lowest BCUT2D eigenvalue weighted by Crippen LogP contribution is -2.10. The summed E-state index contributed by atoms with van der Waals surface area (Å²) in [6.45, 7) is 0. The van der Waals surface area contributed by atoms with Crippen molar-refractivity contribution in [2.45, 2.75) is 0 Å². The van der Waals surface area contributed by atoms with E-state index in [0.29, 0.717) is 0 Å². The molecule has 0 aliphatic heterocycles. The van der Waals surface area contributed by atoms with E-state index in [0.717, 1.165) is 73.1 Å². The summed E-state index contributed by atoms with van der Waals surface area (Å²) in [4.78, 5) is 4.67. The number of hydrogen-bond acceptors (Lipinski definition) is 3. The van der Waals surface area contributed by atoms with Gasteiger partial charge in [-0.15, -0.1) is 0 Å². The number of para-hydroxylation sites is 3. The fraction of sp³-hybridized carbons (Fsp3) is 0. The summed E-state index contributed by atoms with van der Waals surface area (Å²) < 4.78 is 13.6. The highest BCUT2D eigenvalue weighted by Crippen LogP contribution is 2.56. The van der Waals surface area contributed by atoms with E-state index in [-0.39, 0.29) is 0 Å². The van der Waals surface area contributed by atoms with Crippen molar-refractivity contribution in [2.24, 2.45) is 0 Å². The standard InChI is InChI=1S/C50H32N2.C46H30N2.C40H23NO/c1-2-13-38(14-3-1)51(39-25-22-34(23-26-39)37-21-20-33-10-4-5-11-36(33)32-37)40-27-29-41(30-28-40)52-46-19-9-18-45-43-16-7-6-15-42(43)44-17-8-12-35-24-31-47(52)50(48(35)44)49(45)46;1-3-11-31(12-4-1)32-21-24-35(25-22-32)47(34-14-5-2-6-15-34)36-26-28-37(29-27-36)48-42-20-10-19-41-39-17-8-7-16-38(39)40-18-9-13-33-23-30-43(48)46(44(33)40)45(41)42;1-2-13-29-28(12-1)30-16-6-9-24-21-22-34-40(37(24)30)39-31(29)17-7-18-33(39)41(34)26-11-5-10-25(23-26)27-15-8-20-36-38(27)32-14-3-4-19-35(32)42-36/h1-32H;1-30H;1-23H. The molecule has 28 aromatic rings. The Morgan fingerprint density at radius 3 is 0.880 bits per heavy atom. The lowest BCUT2D eigenvalue weighted by Gasteiger charge is -2.26. The first-order valence-corrected chi connectivity index (χ1v) is 48.9. The van der Waals surface area contributed by atoms with E-state index in [1.165, 1.54) is 209 Å². The van der Waals surface area contributed by atoms with E-state index in [4.69, 9.17) is 4.42 Å². The molecule has 0 amide bonds. The Hall–Kier alpha value is -18.9. The summed E-state index contributed by atoms with van der Waals surface area (Å²) in [6, 6.07) is 188. The van der Waals surface area contributed by atoms with E-state index in [2.05, 4.69) is 527 Å². The molecule has 6 nitrogen and oxygen atoms in total. The van der Waals surface area contributed by atoms with Crippen LogP contribution in [0.3, 0.4) is 0 Å². The van der Waals surface area contributed by atoms with Gasteiger partial charge >= 0.3 is 0 Å². The molecule has 0 bridgehead atoms. The van der Waals surface area contributed by atoms with Gasteiger partial charge in [-0.25, -0.2) is 0 Å². The van der Waals surface area contributed by atoms with E-state index in [9.17, 15) is 0 Å². The fourth-order valence-corrected chi connectivity index (χ4v) is 23.8. The third kappa shape index (κ3) is 12.6. The molecule has 24 aromatic carbocycles. The molecule has 4 aromatic heterocycles. The van der Waals surface area contributed by atoms with Crippen molar-refractivity contribution < 1.29 is 4.42 Å². The third-order valence-corrected chi connectivity index (χ3v) is 29.9. The van der Waals surface area contributed by atoms with Crippen molar-refractivity contribution in [2.75, 3.05) is 9.80 Å². The van der Waals surface area contributed by atoms with Crippen LogP contribution < -0.4 is 9.80 Å². The molecule has 0 N–H and O–H groups in total. The van der Waals surface area contributed by atoms with Gasteiger partial charge in [-0.2, -0.15) is 0 Å². The van der Waals surface area contributed by atoms with Crippen molar-refractivity contribution in [3.05, 3.63) is 516 Å². The molecule has 0 unspecified atom stereocenters. The van der Waals surface area contributed by atoms with Gasteiger partial charge in [0.25, 0.3) is 0 Å². The summed E-state index contributed by atoms with van der Waals surface area (Å²) in [5, 5.41) is 20.6. The molecule has 0 saturated carbocycles. The van der Waals surface area contributed by atoms with Gasteiger partial charge in [0, 0.05) is 94.3 Å². The van der Waals surface area contributed by atoms with Crippen molar-refractivity contribution in [1.82, 2.24) is 13.7 Å². The van der Waals surface area contributed by atoms with Crippen LogP contribution in [-0.4, -0.2) is 13.7 Å². The Kier molecular flexibility index (Phi) is 18.3. The van der Waals surface area contributed by atoms with E-state index < -0.39 is 0 Å². The van der Waals surface area contributed by atoms with Crippen LogP contribution in [-0.2, 0) is 0 Å². The minimum Gasteiger partial charge on any atom is -0.456 e. The van der Waals surface area contributed by atoms with Gasteiger partial charge in [0.15, 0.2) is 0 Å². The number of rotatable bonds is 12. The second-order valence-corrected chi connectivity index (χ2v) is 37.6. The lowest BCUT2D eigenvalue weighted by molar-refractivity contribution is 0.669. The first-order valence-electron chi connectivity index (χ1n) is 48.9. The maximum Gasteiger partial charge on any atom is 0.136 e. The zero-order chi connectivity index (χ0) is 93.1. The first-order chi connectivity index (χ1) is 70.5. The largest absolute Gasteiger partial charge is 0.456 e. The Morgan fingerprint density at radius 2 is 0.430 bits per heavy atom. The molecule has 3 aliphatic carbocycles. The number of hydrogen-bond donors (Lipinski definition) is 0. The molecule has 3 aliphatic rings. The first kappa shape index (κ1) is 80.4. The average Bonchev–Trinajstić information content (AvgIpc) is 1.55. The van der Waals surface area contributed by atoms with Gasteiger partial charge in [-0.1, -0.05) is 352 Å². The Morgan fingerprint density at radius 1 is 0.141 bits per heavy atom. The van der Waals surface area contributed by atoms with E-state index >= 15 is 0 Å². The normalized spacial score (nSPS) is 11.9. The summed E-state index contributed by atoms with van der Waals surface area (Å²) in [7, 11) is 0. The Balaban J connectivity index is 0.000000102. The quantitative estimate of drug-likeness (QED) is 0.122. The highest BCUT2D eigenvalue weighted by molar-refractivity contribution is 6.34. The van der Waals surface area contributed by atoms with Crippen LogP contribution in [0.15, 0.2) is 520 Å². The van der Waals surface area contributed by atoms with Gasteiger partial charge in [-0.3, -0.25) is 0 Å². The molecule has 660 valence electrons. The molecular formula is C136H85N5O. The van der Waals surface area contributed by atoms with Crippen molar-refractivity contribution in [3.8, 4) is 117 Å². The second-order valence-electron chi connectivity index (χ2n) is 37.6. The van der Waals surface area contributed by atoms with Crippen molar-refractivity contribution in [3.63, 3.8) is 0 Å². The van der Waals surface area contributed by atoms with Gasteiger partial charge in [-0.05, 0) is 307 Å². The predicted molar refractivity (Wildman–Crippen MR) is 599 cm³/mol. The van der Waals surface area contributed by atoms with Crippen LogP contribution in [0, 0.1) is 0 Å². The summed E-state index contributed by atoms with van der Waals surface area (Å²) in [5.41, 5.74) is 42.1. The fourth-order valence-electron chi connectivity index (χ4n) is 23.8. The highest BCUT2D eigenvalue weighted by Gasteiger charge is 2.31. The molecule has 0 spiro atoms. The van der Waals surface area contributed by atoms with Gasteiger partial charge in [0.2, 0.25) is 0 Å². The van der Waals surface area contributed by atoms with Crippen molar-refractivity contribution >= 4 is 165 Å². The minimum atomic E-state index is 0.917. The molecule has 0 radical (unpaired) electrons. The molecule has 31 rings (SSSR count). The minimum absolute atomic E-state index is 0.917. The number of aromatic nitrogens is 3. The van der Waals surface area contributed by atoms with Gasteiger partial charge in [0.1, 0.15) is 11.2 Å². The second kappa shape index (κ2) is 32.4. The molecule has 0 atom stereocenters. The van der Waals surface area contributed by atoms with Gasteiger partial charge < -0.3 is 27.9 Å². The predicted octanol–water partition coefficient (Wildman–Crippen LogP) is 37.7. The highest BCUT2D eigenvalue weighted by atomic mass is 16.3. The molecule has 4 heterocycles.